The Morgan fingerprint density at radius 2 is 2.21 bits per heavy atom. The third-order valence-corrected chi connectivity index (χ3v) is 4.71. The number of carbonyl (C=O) groups is 1. The molecular formula is C15H22N2OS. The molecule has 0 saturated carbocycles. The lowest BCUT2D eigenvalue weighted by Crippen LogP contribution is -2.47. The molecule has 0 aliphatic carbocycles. The van der Waals surface area contributed by atoms with Crippen molar-refractivity contribution >= 4 is 17.7 Å². The summed E-state index contributed by atoms with van der Waals surface area (Å²) in [7, 11) is 0. The van der Waals surface area contributed by atoms with Gasteiger partial charge in [0.15, 0.2) is 0 Å². The van der Waals surface area contributed by atoms with Gasteiger partial charge in [-0.2, -0.15) is 0 Å². The number of piperidine rings is 1. The van der Waals surface area contributed by atoms with Crippen LogP contribution in [-0.2, 0) is 4.79 Å². The van der Waals surface area contributed by atoms with Crippen molar-refractivity contribution in [1.29, 1.82) is 0 Å². The van der Waals surface area contributed by atoms with E-state index in [9.17, 15) is 4.79 Å². The molecule has 0 aromatic heterocycles. The highest BCUT2D eigenvalue weighted by Crippen LogP contribution is 2.22. The van der Waals surface area contributed by atoms with Gasteiger partial charge in [-0.3, -0.25) is 4.79 Å². The highest BCUT2D eigenvalue weighted by Gasteiger charge is 2.25. The fourth-order valence-corrected chi connectivity index (χ4v) is 3.27. The van der Waals surface area contributed by atoms with Crippen LogP contribution in [-0.4, -0.2) is 35.7 Å². The number of hydrogen-bond donors (Lipinski definition) is 1. The van der Waals surface area contributed by atoms with Crippen molar-refractivity contribution < 1.29 is 4.79 Å². The second-order valence-corrected chi connectivity index (χ2v) is 6.31. The number of carbonyl (C=O) groups excluding carboxylic acids is 1. The van der Waals surface area contributed by atoms with Crippen LogP contribution >= 0.6 is 11.8 Å². The van der Waals surface area contributed by atoms with E-state index in [0.717, 1.165) is 31.7 Å². The Morgan fingerprint density at radius 3 is 2.89 bits per heavy atom. The normalized spacial score (nSPS) is 21.2. The van der Waals surface area contributed by atoms with Gasteiger partial charge in [0, 0.05) is 35.7 Å². The number of amides is 1. The summed E-state index contributed by atoms with van der Waals surface area (Å²) in [6.45, 7) is 3.60. The predicted molar refractivity (Wildman–Crippen MR) is 80.1 cm³/mol. The Labute approximate surface area is 119 Å². The molecule has 19 heavy (non-hydrogen) atoms. The van der Waals surface area contributed by atoms with Gasteiger partial charge in [0.25, 0.3) is 0 Å². The first-order valence-corrected chi connectivity index (χ1v) is 7.87. The number of nitrogens with zero attached hydrogens (tertiary/aromatic N) is 1. The molecule has 1 aromatic carbocycles. The summed E-state index contributed by atoms with van der Waals surface area (Å²) in [4.78, 5) is 15.5. The standard InChI is InChI=1S/C15H22N2OS/c1-12(11-19-14-7-3-2-4-8-14)15(18)17-9-5-6-13(16)10-17/h2-4,7-8,12-13H,5-6,9-11,16H2,1H3/t12-,13-/m0/s1. The summed E-state index contributed by atoms with van der Waals surface area (Å²) in [5.41, 5.74) is 5.93. The minimum absolute atomic E-state index is 0.0514. The highest BCUT2D eigenvalue weighted by molar-refractivity contribution is 7.99. The zero-order chi connectivity index (χ0) is 13.7. The van der Waals surface area contributed by atoms with Gasteiger partial charge < -0.3 is 10.6 Å². The average Bonchev–Trinajstić information content (AvgIpc) is 2.45. The molecular weight excluding hydrogens is 256 g/mol. The van der Waals surface area contributed by atoms with Gasteiger partial charge >= 0.3 is 0 Å². The minimum atomic E-state index is 0.0514. The lowest BCUT2D eigenvalue weighted by Gasteiger charge is -2.32. The largest absolute Gasteiger partial charge is 0.341 e. The van der Waals surface area contributed by atoms with Crippen molar-refractivity contribution in [2.24, 2.45) is 11.7 Å². The van der Waals surface area contributed by atoms with E-state index >= 15 is 0 Å². The average molecular weight is 278 g/mol. The molecule has 104 valence electrons. The molecule has 0 spiro atoms. The third kappa shape index (κ3) is 4.25. The molecule has 1 saturated heterocycles. The fourth-order valence-electron chi connectivity index (χ4n) is 2.33. The highest BCUT2D eigenvalue weighted by atomic mass is 32.2. The van der Waals surface area contributed by atoms with Crippen molar-refractivity contribution in [3.63, 3.8) is 0 Å². The topological polar surface area (TPSA) is 46.3 Å². The second kappa shape index (κ2) is 6.96. The summed E-state index contributed by atoms with van der Waals surface area (Å²) in [6, 6.07) is 10.4. The van der Waals surface area contributed by atoms with Gasteiger partial charge in [-0.15, -0.1) is 11.8 Å². The summed E-state index contributed by atoms with van der Waals surface area (Å²) in [5.74, 6) is 1.13. The van der Waals surface area contributed by atoms with Crippen LogP contribution in [0.2, 0.25) is 0 Å². The number of likely N-dealkylation sites (tertiary alicyclic amines) is 1. The van der Waals surface area contributed by atoms with Crippen molar-refractivity contribution in [1.82, 2.24) is 4.90 Å². The number of hydrogen-bond acceptors (Lipinski definition) is 3. The van der Waals surface area contributed by atoms with Gasteiger partial charge in [0.2, 0.25) is 5.91 Å². The maximum absolute atomic E-state index is 12.3. The van der Waals surface area contributed by atoms with Crippen molar-refractivity contribution in [3.05, 3.63) is 30.3 Å². The van der Waals surface area contributed by atoms with E-state index in [2.05, 4.69) is 12.1 Å². The number of rotatable bonds is 4. The van der Waals surface area contributed by atoms with Crippen LogP contribution in [0.3, 0.4) is 0 Å². The summed E-state index contributed by atoms with van der Waals surface area (Å²) in [6.07, 6.45) is 2.07. The van der Waals surface area contributed by atoms with Crippen LogP contribution in [0.15, 0.2) is 35.2 Å². The predicted octanol–water partition coefficient (Wildman–Crippen LogP) is 2.36. The molecule has 0 bridgehead atoms. The molecule has 1 aromatic rings. The lowest BCUT2D eigenvalue weighted by molar-refractivity contribution is -0.135. The van der Waals surface area contributed by atoms with E-state index in [1.807, 2.05) is 30.0 Å². The first-order valence-electron chi connectivity index (χ1n) is 6.89. The first kappa shape index (κ1) is 14.4. The number of benzene rings is 1. The monoisotopic (exact) mass is 278 g/mol. The molecule has 4 heteroatoms. The Kier molecular flexibility index (Phi) is 5.28. The Bertz CT molecular complexity index is 410. The van der Waals surface area contributed by atoms with Gasteiger partial charge in [-0.05, 0) is 25.0 Å². The van der Waals surface area contributed by atoms with Crippen molar-refractivity contribution in [3.8, 4) is 0 Å². The summed E-state index contributed by atoms with van der Waals surface area (Å²) >= 11 is 1.74. The molecule has 0 radical (unpaired) electrons. The van der Waals surface area contributed by atoms with Crippen LogP contribution in [0.4, 0.5) is 0 Å². The maximum atomic E-state index is 12.3. The third-order valence-electron chi connectivity index (χ3n) is 3.43. The lowest BCUT2D eigenvalue weighted by atomic mass is 10.0. The number of nitrogens with two attached hydrogens (primary N) is 1. The fraction of sp³-hybridized carbons (Fsp3) is 0.533. The van der Waals surface area contributed by atoms with E-state index < -0.39 is 0 Å². The molecule has 3 nitrogen and oxygen atoms in total. The first-order chi connectivity index (χ1) is 9.16. The van der Waals surface area contributed by atoms with Crippen LogP contribution in [0.1, 0.15) is 19.8 Å². The molecule has 0 unspecified atom stereocenters. The van der Waals surface area contributed by atoms with Crippen LogP contribution in [0.5, 0.6) is 0 Å². The van der Waals surface area contributed by atoms with Gasteiger partial charge in [0.05, 0.1) is 0 Å². The molecule has 2 N–H and O–H groups in total. The molecule has 1 heterocycles. The number of thioether (sulfide) groups is 1. The van der Waals surface area contributed by atoms with Gasteiger partial charge in [0.1, 0.15) is 0 Å². The van der Waals surface area contributed by atoms with Crippen LogP contribution < -0.4 is 5.73 Å². The smallest absolute Gasteiger partial charge is 0.226 e. The zero-order valence-electron chi connectivity index (χ0n) is 11.4. The van der Waals surface area contributed by atoms with E-state index in [1.165, 1.54) is 4.90 Å². The van der Waals surface area contributed by atoms with Crippen LogP contribution in [0, 0.1) is 5.92 Å². The van der Waals surface area contributed by atoms with Crippen LogP contribution in [0.25, 0.3) is 0 Å². The molecule has 2 rings (SSSR count). The molecule has 1 amide bonds. The van der Waals surface area contributed by atoms with E-state index in [1.54, 1.807) is 11.8 Å². The Morgan fingerprint density at radius 1 is 1.47 bits per heavy atom. The molecule has 1 fully saturated rings. The zero-order valence-corrected chi connectivity index (χ0v) is 12.2. The molecule has 1 aliphatic heterocycles. The summed E-state index contributed by atoms with van der Waals surface area (Å²) in [5, 5.41) is 0. The second-order valence-electron chi connectivity index (χ2n) is 5.21. The minimum Gasteiger partial charge on any atom is -0.341 e. The van der Waals surface area contributed by atoms with E-state index in [4.69, 9.17) is 5.73 Å². The van der Waals surface area contributed by atoms with E-state index in [-0.39, 0.29) is 17.9 Å². The Hall–Kier alpha value is -1.00. The quantitative estimate of drug-likeness (QED) is 0.860. The SMILES string of the molecule is C[C@@H](CSc1ccccc1)C(=O)N1CCC[C@H](N)C1. The molecule has 2 atom stereocenters. The van der Waals surface area contributed by atoms with Gasteiger partial charge in [-0.25, -0.2) is 0 Å². The summed E-state index contributed by atoms with van der Waals surface area (Å²) < 4.78 is 0. The van der Waals surface area contributed by atoms with Crippen molar-refractivity contribution in [2.75, 3.05) is 18.8 Å². The maximum Gasteiger partial charge on any atom is 0.226 e. The molecule has 1 aliphatic rings. The van der Waals surface area contributed by atoms with Gasteiger partial charge in [-0.1, -0.05) is 25.1 Å². The van der Waals surface area contributed by atoms with Crippen molar-refractivity contribution in [2.45, 2.75) is 30.7 Å². The Balaban J connectivity index is 1.82. The van der Waals surface area contributed by atoms with E-state index in [0.29, 0.717) is 0 Å².